The molecule has 2 heteroatoms. The zero-order valence-electron chi connectivity index (χ0n) is 11.4. The van der Waals surface area contributed by atoms with E-state index in [4.69, 9.17) is 0 Å². The van der Waals surface area contributed by atoms with Crippen LogP contribution in [0.15, 0.2) is 30.3 Å². The number of nitrogens with zero attached hydrogens (tertiary/aromatic N) is 1. The summed E-state index contributed by atoms with van der Waals surface area (Å²) in [5.41, 5.74) is 1.38. The summed E-state index contributed by atoms with van der Waals surface area (Å²) < 4.78 is 0. The summed E-state index contributed by atoms with van der Waals surface area (Å²) in [7, 11) is 0. The lowest BCUT2D eigenvalue weighted by Gasteiger charge is -2.42. The number of likely N-dealkylation sites (tertiary alicyclic amines) is 1. The maximum Gasteiger partial charge on any atom is 0.120 e. The van der Waals surface area contributed by atoms with Crippen molar-refractivity contribution in [2.45, 2.75) is 51.7 Å². The molecule has 1 aromatic rings. The van der Waals surface area contributed by atoms with Gasteiger partial charge in [0.15, 0.2) is 0 Å². The SMILES string of the molecule is CC1CC(CC=O)CC(C)N1Cc1ccccc1. The molecule has 1 fully saturated rings. The van der Waals surface area contributed by atoms with E-state index in [1.54, 1.807) is 0 Å². The van der Waals surface area contributed by atoms with Gasteiger partial charge in [-0.05, 0) is 38.2 Å². The van der Waals surface area contributed by atoms with E-state index >= 15 is 0 Å². The molecule has 1 aliphatic heterocycles. The van der Waals surface area contributed by atoms with Gasteiger partial charge in [-0.2, -0.15) is 0 Å². The number of carbonyl (C=O) groups excluding carboxylic acids is 1. The van der Waals surface area contributed by atoms with Crippen molar-refractivity contribution >= 4 is 6.29 Å². The number of hydrogen-bond donors (Lipinski definition) is 0. The minimum absolute atomic E-state index is 0.568. The van der Waals surface area contributed by atoms with Gasteiger partial charge in [-0.25, -0.2) is 0 Å². The van der Waals surface area contributed by atoms with Crippen LogP contribution in [0.1, 0.15) is 38.7 Å². The number of rotatable bonds is 4. The predicted octanol–water partition coefficient (Wildman–Crippen LogP) is 3.26. The Hall–Kier alpha value is -1.15. The van der Waals surface area contributed by atoms with Gasteiger partial charge in [0, 0.05) is 25.0 Å². The molecule has 98 valence electrons. The second-order valence-corrected chi connectivity index (χ2v) is 5.60. The summed E-state index contributed by atoms with van der Waals surface area (Å²) in [5.74, 6) is 0.583. The van der Waals surface area contributed by atoms with Crippen LogP contribution in [0.25, 0.3) is 0 Å². The van der Waals surface area contributed by atoms with Crippen molar-refractivity contribution in [3.05, 3.63) is 35.9 Å². The summed E-state index contributed by atoms with van der Waals surface area (Å²) >= 11 is 0. The Labute approximate surface area is 110 Å². The van der Waals surface area contributed by atoms with Gasteiger partial charge in [0.2, 0.25) is 0 Å². The monoisotopic (exact) mass is 245 g/mol. The second kappa shape index (κ2) is 6.14. The molecule has 2 rings (SSSR count). The first-order chi connectivity index (χ1) is 8.70. The number of aldehydes is 1. The molecule has 0 spiro atoms. The molecule has 0 bridgehead atoms. The molecule has 1 saturated heterocycles. The topological polar surface area (TPSA) is 20.3 Å². The summed E-state index contributed by atoms with van der Waals surface area (Å²) in [6.45, 7) is 5.60. The van der Waals surface area contributed by atoms with Gasteiger partial charge in [0.05, 0.1) is 0 Å². The molecule has 18 heavy (non-hydrogen) atoms. The van der Waals surface area contributed by atoms with Gasteiger partial charge in [-0.1, -0.05) is 30.3 Å². The Morgan fingerprint density at radius 3 is 2.33 bits per heavy atom. The Kier molecular flexibility index (Phi) is 4.54. The van der Waals surface area contributed by atoms with E-state index < -0.39 is 0 Å². The van der Waals surface area contributed by atoms with E-state index in [0.29, 0.717) is 18.0 Å². The van der Waals surface area contributed by atoms with Crippen molar-refractivity contribution < 1.29 is 4.79 Å². The van der Waals surface area contributed by atoms with Crippen LogP contribution in [-0.2, 0) is 11.3 Å². The lowest BCUT2D eigenvalue weighted by Crippen LogP contribution is -2.46. The molecule has 0 saturated carbocycles. The number of piperidine rings is 1. The summed E-state index contributed by atoms with van der Waals surface area (Å²) in [6, 6.07) is 11.8. The zero-order valence-corrected chi connectivity index (χ0v) is 11.4. The summed E-state index contributed by atoms with van der Waals surface area (Å²) in [6.07, 6.45) is 4.11. The fourth-order valence-electron chi connectivity index (χ4n) is 3.20. The maximum absolute atomic E-state index is 10.6. The number of benzene rings is 1. The van der Waals surface area contributed by atoms with E-state index in [1.807, 2.05) is 0 Å². The van der Waals surface area contributed by atoms with Crippen LogP contribution >= 0.6 is 0 Å². The molecule has 2 atom stereocenters. The highest BCUT2D eigenvalue weighted by Crippen LogP contribution is 2.30. The first kappa shape index (κ1) is 13.3. The minimum Gasteiger partial charge on any atom is -0.303 e. The average Bonchev–Trinajstić information content (AvgIpc) is 2.36. The lowest BCUT2D eigenvalue weighted by atomic mass is 9.85. The zero-order chi connectivity index (χ0) is 13.0. The van der Waals surface area contributed by atoms with Crippen molar-refractivity contribution in [1.29, 1.82) is 0 Å². The maximum atomic E-state index is 10.6. The van der Waals surface area contributed by atoms with Crippen LogP contribution in [0.5, 0.6) is 0 Å². The molecule has 1 aromatic carbocycles. The third-order valence-corrected chi connectivity index (χ3v) is 4.12. The largest absolute Gasteiger partial charge is 0.303 e. The molecule has 1 aliphatic rings. The van der Waals surface area contributed by atoms with E-state index in [1.165, 1.54) is 5.56 Å². The molecular weight excluding hydrogens is 222 g/mol. The molecule has 0 radical (unpaired) electrons. The standard InChI is InChI=1S/C16H23NO/c1-13-10-16(8-9-18)11-14(2)17(13)12-15-6-4-3-5-7-15/h3-7,9,13-14,16H,8,10-12H2,1-2H3. The molecular formula is C16H23NO. The third kappa shape index (κ3) is 3.20. The highest BCUT2D eigenvalue weighted by atomic mass is 16.1. The second-order valence-electron chi connectivity index (χ2n) is 5.60. The Balaban J connectivity index is 1.99. The smallest absolute Gasteiger partial charge is 0.120 e. The lowest BCUT2D eigenvalue weighted by molar-refractivity contribution is -0.109. The van der Waals surface area contributed by atoms with Gasteiger partial charge in [0.25, 0.3) is 0 Å². The summed E-state index contributed by atoms with van der Waals surface area (Å²) in [4.78, 5) is 13.2. The molecule has 2 nitrogen and oxygen atoms in total. The van der Waals surface area contributed by atoms with Crippen LogP contribution in [0.4, 0.5) is 0 Å². The average molecular weight is 245 g/mol. The van der Waals surface area contributed by atoms with E-state index in [-0.39, 0.29) is 0 Å². The first-order valence-electron chi connectivity index (χ1n) is 6.94. The number of hydrogen-bond acceptors (Lipinski definition) is 2. The normalized spacial score (nSPS) is 29.1. The van der Waals surface area contributed by atoms with Crippen LogP contribution in [0.2, 0.25) is 0 Å². The van der Waals surface area contributed by atoms with Crippen LogP contribution in [0, 0.1) is 5.92 Å². The Morgan fingerprint density at radius 2 is 1.78 bits per heavy atom. The predicted molar refractivity (Wildman–Crippen MR) is 74.3 cm³/mol. The quantitative estimate of drug-likeness (QED) is 0.759. The number of carbonyl (C=O) groups is 1. The van der Waals surface area contributed by atoms with Gasteiger partial charge in [0.1, 0.15) is 6.29 Å². The van der Waals surface area contributed by atoms with Crippen LogP contribution in [-0.4, -0.2) is 23.3 Å². The summed E-state index contributed by atoms with van der Waals surface area (Å²) in [5, 5.41) is 0. The highest BCUT2D eigenvalue weighted by molar-refractivity contribution is 5.49. The minimum atomic E-state index is 0.568. The van der Waals surface area contributed by atoms with Gasteiger partial charge in [-0.15, -0.1) is 0 Å². The van der Waals surface area contributed by atoms with Crippen molar-refractivity contribution in [3.8, 4) is 0 Å². The first-order valence-corrected chi connectivity index (χ1v) is 6.94. The van der Waals surface area contributed by atoms with Gasteiger partial charge < -0.3 is 4.79 Å². The Bertz CT molecular complexity index is 364. The van der Waals surface area contributed by atoms with Crippen LogP contribution < -0.4 is 0 Å². The third-order valence-electron chi connectivity index (χ3n) is 4.12. The van der Waals surface area contributed by atoms with E-state index in [9.17, 15) is 4.79 Å². The van der Waals surface area contributed by atoms with E-state index in [0.717, 1.165) is 32.1 Å². The van der Waals surface area contributed by atoms with E-state index in [2.05, 4.69) is 49.1 Å². The highest BCUT2D eigenvalue weighted by Gasteiger charge is 2.30. The molecule has 0 aromatic heterocycles. The van der Waals surface area contributed by atoms with Gasteiger partial charge in [-0.3, -0.25) is 4.90 Å². The van der Waals surface area contributed by atoms with Crippen LogP contribution in [0.3, 0.4) is 0 Å². The van der Waals surface area contributed by atoms with Crippen molar-refractivity contribution in [2.24, 2.45) is 5.92 Å². The fraction of sp³-hybridized carbons (Fsp3) is 0.562. The molecule has 2 unspecified atom stereocenters. The van der Waals surface area contributed by atoms with Crippen molar-refractivity contribution in [1.82, 2.24) is 4.90 Å². The molecule has 0 aliphatic carbocycles. The van der Waals surface area contributed by atoms with Crippen molar-refractivity contribution in [2.75, 3.05) is 0 Å². The fourth-order valence-corrected chi connectivity index (χ4v) is 3.20. The van der Waals surface area contributed by atoms with Crippen molar-refractivity contribution in [3.63, 3.8) is 0 Å². The van der Waals surface area contributed by atoms with Gasteiger partial charge >= 0.3 is 0 Å². The molecule has 0 amide bonds. The molecule has 1 heterocycles. The Morgan fingerprint density at radius 1 is 1.17 bits per heavy atom. The molecule has 0 N–H and O–H groups in total.